The van der Waals surface area contributed by atoms with Crippen molar-refractivity contribution in [3.8, 4) is 0 Å². The molecule has 72 valence electrons. The Morgan fingerprint density at radius 2 is 1.75 bits per heavy atom. The molecule has 1 rings (SSSR count). The van der Waals surface area contributed by atoms with Crippen molar-refractivity contribution < 1.29 is 25.2 Å². The van der Waals surface area contributed by atoms with E-state index in [1.807, 2.05) is 0 Å². The molecule has 1 saturated heterocycles. The molecule has 12 heavy (non-hydrogen) atoms. The third-order valence-corrected chi connectivity index (χ3v) is 2.18. The van der Waals surface area contributed by atoms with Crippen molar-refractivity contribution in [2.45, 2.75) is 37.4 Å². The van der Waals surface area contributed by atoms with Crippen LogP contribution >= 0.6 is 0 Å². The minimum atomic E-state index is -1.83. The lowest BCUT2D eigenvalue weighted by atomic mass is 9.83. The fourth-order valence-corrected chi connectivity index (χ4v) is 1.26. The molecule has 0 aromatic rings. The minimum absolute atomic E-state index is 0.203. The highest BCUT2D eigenvalue weighted by atomic mass is 16.6. The Hall–Kier alpha value is -0.200. The summed E-state index contributed by atoms with van der Waals surface area (Å²) in [5.41, 5.74) is -3.36. The highest BCUT2D eigenvalue weighted by Gasteiger charge is 2.52. The maximum absolute atomic E-state index is 9.46. The van der Waals surface area contributed by atoms with Gasteiger partial charge in [-0.25, -0.2) is 0 Å². The van der Waals surface area contributed by atoms with Crippen LogP contribution in [-0.2, 0) is 4.74 Å². The van der Waals surface area contributed by atoms with Gasteiger partial charge >= 0.3 is 0 Å². The van der Waals surface area contributed by atoms with Gasteiger partial charge in [0.1, 0.15) is 17.3 Å². The number of aliphatic hydroxyl groups excluding tert-OH is 2. The second-order valence-electron chi connectivity index (χ2n) is 3.65. The summed E-state index contributed by atoms with van der Waals surface area (Å²) in [6, 6.07) is 0. The topological polar surface area (TPSA) is 90.2 Å². The summed E-state index contributed by atoms with van der Waals surface area (Å²) in [4.78, 5) is 0. The zero-order chi connectivity index (χ0) is 9.57. The summed E-state index contributed by atoms with van der Waals surface area (Å²) < 4.78 is 4.67. The van der Waals surface area contributed by atoms with Gasteiger partial charge < -0.3 is 25.2 Å². The SMILES string of the molecule is C[C@]1(O)[C@H](O)OC[C@](C)(O)[C@@H]1O. The van der Waals surface area contributed by atoms with Gasteiger partial charge in [-0.2, -0.15) is 0 Å². The monoisotopic (exact) mass is 178 g/mol. The zero-order valence-electron chi connectivity index (χ0n) is 7.06. The van der Waals surface area contributed by atoms with Gasteiger partial charge in [-0.3, -0.25) is 0 Å². The van der Waals surface area contributed by atoms with Gasteiger partial charge in [-0.05, 0) is 13.8 Å². The number of hydrogen-bond acceptors (Lipinski definition) is 5. The molecule has 0 aromatic carbocycles. The summed E-state index contributed by atoms with van der Waals surface area (Å²) in [5.74, 6) is 0. The fourth-order valence-electron chi connectivity index (χ4n) is 1.26. The normalized spacial score (nSPS) is 55.5. The summed E-state index contributed by atoms with van der Waals surface area (Å²) in [6.45, 7) is 2.33. The van der Waals surface area contributed by atoms with E-state index in [1.54, 1.807) is 0 Å². The van der Waals surface area contributed by atoms with Gasteiger partial charge in [0.25, 0.3) is 0 Å². The second-order valence-corrected chi connectivity index (χ2v) is 3.65. The molecular formula is C7H14O5. The molecule has 1 aliphatic heterocycles. The van der Waals surface area contributed by atoms with Crippen molar-refractivity contribution in [2.24, 2.45) is 0 Å². The molecular weight excluding hydrogens is 164 g/mol. The first kappa shape index (κ1) is 9.88. The second kappa shape index (κ2) is 2.65. The molecule has 0 spiro atoms. The van der Waals surface area contributed by atoms with Crippen molar-refractivity contribution >= 4 is 0 Å². The molecule has 0 radical (unpaired) electrons. The minimum Gasteiger partial charge on any atom is -0.387 e. The van der Waals surface area contributed by atoms with Crippen LogP contribution in [0.4, 0.5) is 0 Å². The maximum Gasteiger partial charge on any atom is 0.186 e. The van der Waals surface area contributed by atoms with Gasteiger partial charge in [-0.15, -0.1) is 0 Å². The summed E-state index contributed by atoms with van der Waals surface area (Å²) >= 11 is 0. The van der Waals surface area contributed by atoms with E-state index in [0.717, 1.165) is 0 Å². The number of hydrogen-bond donors (Lipinski definition) is 4. The number of aliphatic hydroxyl groups is 4. The molecule has 4 N–H and O–H groups in total. The fraction of sp³-hybridized carbons (Fsp3) is 1.00. The van der Waals surface area contributed by atoms with Crippen LogP contribution in [-0.4, -0.2) is 50.6 Å². The summed E-state index contributed by atoms with van der Waals surface area (Å²) in [5, 5.41) is 37.4. The van der Waals surface area contributed by atoms with Crippen molar-refractivity contribution in [1.82, 2.24) is 0 Å². The molecule has 0 saturated carbocycles. The highest BCUT2D eigenvalue weighted by molar-refractivity contribution is 4.99. The van der Waals surface area contributed by atoms with Crippen molar-refractivity contribution in [3.05, 3.63) is 0 Å². The van der Waals surface area contributed by atoms with Crippen LogP contribution in [0.3, 0.4) is 0 Å². The number of ether oxygens (including phenoxy) is 1. The van der Waals surface area contributed by atoms with Gasteiger partial charge in [0.15, 0.2) is 6.29 Å². The molecule has 0 unspecified atom stereocenters. The number of rotatable bonds is 0. The zero-order valence-corrected chi connectivity index (χ0v) is 7.06. The predicted octanol–water partition coefficient (Wildman–Crippen LogP) is -1.80. The van der Waals surface area contributed by atoms with E-state index in [2.05, 4.69) is 4.74 Å². The van der Waals surface area contributed by atoms with Crippen molar-refractivity contribution in [2.75, 3.05) is 6.61 Å². The van der Waals surface area contributed by atoms with Crippen LogP contribution in [0.25, 0.3) is 0 Å². The Morgan fingerprint density at radius 1 is 1.25 bits per heavy atom. The third-order valence-electron chi connectivity index (χ3n) is 2.18. The van der Waals surface area contributed by atoms with E-state index in [9.17, 15) is 15.3 Å². The molecule has 1 fully saturated rings. The Morgan fingerprint density at radius 3 is 2.17 bits per heavy atom. The average Bonchev–Trinajstić information content (AvgIpc) is 1.96. The molecule has 0 bridgehead atoms. The van der Waals surface area contributed by atoms with Gasteiger partial charge in [-0.1, -0.05) is 0 Å². The van der Waals surface area contributed by atoms with E-state index in [-0.39, 0.29) is 6.61 Å². The molecule has 5 heteroatoms. The highest BCUT2D eigenvalue weighted by Crippen LogP contribution is 2.30. The Labute approximate surface area is 70.2 Å². The molecule has 0 aliphatic carbocycles. The molecule has 5 nitrogen and oxygen atoms in total. The van der Waals surface area contributed by atoms with Crippen LogP contribution in [0.2, 0.25) is 0 Å². The van der Waals surface area contributed by atoms with Crippen LogP contribution < -0.4 is 0 Å². The Kier molecular flexibility index (Phi) is 2.18. The standard InChI is InChI=1S/C7H14O5/c1-6(10)3-12-5(9)7(2,11)4(6)8/h4-5,8-11H,3H2,1-2H3/t4-,5+,6-,7+/m0/s1. The van der Waals surface area contributed by atoms with Crippen LogP contribution in [0.15, 0.2) is 0 Å². The first-order chi connectivity index (χ1) is 5.28. The molecule has 1 aliphatic rings. The van der Waals surface area contributed by atoms with E-state index in [4.69, 9.17) is 5.11 Å². The molecule has 4 atom stereocenters. The van der Waals surface area contributed by atoms with E-state index >= 15 is 0 Å². The van der Waals surface area contributed by atoms with Crippen LogP contribution in [0.5, 0.6) is 0 Å². The summed E-state index contributed by atoms with van der Waals surface area (Å²) in [7, 11) is 0. The van der Waals surface area contributed by atoms with Crippen molar-refractivity contribution in [1.29, 1.82) is 0 Å². The van der Waals surface area contributed by atoms with Gasteiger partial charge in [0.2, 0.25) is 0 Å². The first-order valence-corrected chi connectivity index (χ1v) is 3.71. The van der Waals surface area contributed by atoms with Crippen LogP contribution in [0.1, 0.15) is 13.8 Å². The van der Waals surface area contributed by atoms with Gasteiger partial charge in [0, 0.05) is 0 Å². The van der Waals surface area contributed by atoms with Crippen LogP contribution in [0, 0.1) is 0 Å². The smallest absolute Gasteiger partial charge is 0.186 e. The third kappa shape index (κ3) is 1.34. The lowest BCUT2D eigenvalue weighted by molar-refractivity contribution is -0.319. The molecule has 0 aromatic heterocycles. The maximum atomic E-state index is 9.46. The van der Waals surface area contributed by atoms with Gasteiger partial charge in [0.05, 0.1) is 6.61 Å². The predicted molar refractivity (Wildman–Crippen MR) is 39.2 cm³/mol. The Bertz CT molecular complexity index is 177. The van der Waals surface area contributed by atoms with E-state index in [1.165, 1.54) is 13.8 Å². The lowest BCUT2D eigenvalue weighted by Gasteiger charge is -2.45. The van der Waals surface area contributed by atoms with E-state index < -0.39 is 23.6 Å². The molecule has 1 heterocycles. The largest absolute Gasteiger partial charge is 0.387 e. The lowest BCUT2D eigenvalue weighted by Crippen LogP contribution is -2.66. The first-order valence-electron chi connectivity index (χ1n) is 3.71. The Balaban J connectivity index is 2.86. The summed E-state index contributed by atoms with van der Waals surface area (Å²) in [6.07, 6.45) is -2.89. The molecule has 0 amide bonds. The van der Waals surface area contributed by atoms with E-state index in [0.29, 0.717) is 0 Å². The quantitative estimate of drug-likeness (QED) is 0.351. The van der Waals surface area contributed by atoms with Crippen molar-refractivity contribution in [3.63, 3.8) is 0 Å². The average molecular weight is 178 g/mol.